The van der Waals surface area contributed by atoms with Gasteiger partial charge in [-0.2, -0.15) is 4.31 Å². The lowest BCUT2D eigenvalue weighted by Crippen LogP contribution is -2.35. The first-order valence-electron chi connectivity index (χ1n) is 9.42. The van der Waals surface area contributed by atoms with Crippen molar-refractivity contribution < 1.29 is 13.2 Å². The summed E-state index contributed by atoms with van der Waals surface area (Å²) < 4.78 is 27.2. The number of nitrogens with zero attached hydrogens (tertiary/aromatic N) is 1. The minimum absolute atomic E-state index is 0.196. The number of benzene rings is 1. The summed E-state index contributed by atoms with van der Waals surface area (Å²) in [6, 6.07) is 8.48. The lowest BCUT2D eigenvalue weighted by molar-refractivity contribution is 0.103. The molecule has 146 valence electrons. The van der Waals surface area contributed by atoms with Gasteiger partial charge in [0.25, 0.3) is 5.91 Å². The van der Waals surface area contributed by atoms with Crippen LogP contribution in [0.25, 0.3) is 0 Å². The highest BCUT2D eigenvalue weighted by Gasteiger charge is 2.26. The molecule has 7 heteroatoms. The van der Waals surface area contributed by atoms with Crippen molar-refractivity contribution in [2.24, 2.45) is 0 Å². The number of aryl methyl sites for hydroxylation is 2. The number of hydrogen-bond acceptors (Lipinski definition) is 4. The number of carbonyl (C=O) groups is 1. The van der Waals surface area contributed by atoms with Gasteiger partial charge in [0.15, 0.2) is 0 Å². The normalized spacial score (nSPS) is 15.6. The standard InChI is InChI=1S/C20H26N2O3S2/c1-3-8-16-13-19(26-15(16)2)20(23)21-17-9-7-10-18(14-17)27(24,25)22-11-5-4-6-12-22/h7,9-10,13-14H,3-6,8,11-12H2,1-2H3,(H,21,23). The Morgan fingerprint density at radius 3 is 2.63 bits per heavy atom. The first kappa shape index (κ1) is 20.0. The summed E-state index contributed by atoms with van der Waals surface area (Å²) in [6.45, 7) is 5.27. The van der Waals surface area contributed by atoms with Crippen LogP contribution in [0.3, 0.4) is 0 Å². The molecule has 0 aliphatic carbocycles. The van der Waals surface area contributed by atoms with Gasteiger partial charge in [0.1, 0.15) is 0 Å². The average molecular weight is 407 g/mol. The molecule has 1 N–H and O–H groups in total. The third-order valence-electron chi connectivity index (χ3n) is 4.81. The minimum atomic E-state index is -3.51. The fraction of sp³-hybridized carbons (Fsp3) is 0.450. The van der Waals surface area contributed by atoms with Gasteiger partial charge in [-0.15, -0.1) is 11.3 Å². The van der Waals surface area contributed by atoms with E-state index in [2.05, 4.69) is 12.2 Å². The molecule has 0 bridgehead atoms. The van der Waals surface area contributed by atoms with Gasteiger partial charge in [0.2, 0.25) is 10.0 Å². The van der Waals surface area contributed by atoms with E-state index in [1.165, 1.54) is 21.2 Å². The van der Waals surface area contributed by atoms with Crippen LogP contribution in [0.15, 0.2) is 35.2 Å². The van der Waals surface area contributed by atoms with Crippen LogP contribution in [-0.2, 0) is 16.4 Å². The molecule has 1 fully saturated rings. The summed E-state index contributed by atoms with van der Waals surface area (Å²) in [5, 5.41) is 2.84. The molecule has 2 heterocycles. The summed E-state index contributed by atoms with van der Waals surface area (Å²) in [4.78, 5) is 14.6. The van der Waals surface area contributed by atoms with Gasteiger partial charge in [0.05, 0.1) is 9.77 Å². The minimum Gasteiger partial charge on any atom is -0.321 e. The van der Waals surface area contributed by atoms with Crippen LogP contribution in [0, 0.1) is 6.92 Å². The smallest absolute Gasteiger partial charge is 0.265 e. The molecule has 0 spiro atoms. The molecule has 1 aromatic heterocycles. The zero-order valence-corrected chi connectivity index (χ0v) is 17.5. The first-order valence-corrected chi connectivity index (χ1v) is 11.7. The van der Waals surface area contributed by atoms with E-state index < -0.39 is 10.0 Å². The quantitative estimate of drug-likeness (QED) is 0.771. The molecule has 2 aromatic rings. The van der Waals surface area contributed by atoms with E-state index in [0.29, 0.717) is 23.7 Å². The number of rotatable bonds is 6. The van der Waals surface area contributed by atoms with Crippen molar-refractivity contribution in [2.45, 2.75) is 50.8 Å². The molecule has 1 aliphatic rings. The van der Waals surface area contributed by atoms with Crippen LogP contribution in [0.5, 0.6) is 0 Å². The molecule has 1 aliphatic heterocycles. The van der Waals surface area contributed by atoms with Crippen molar-refractivity contribution in [1.82, 2.24) is 4.31 Å². The van der Waals surface area contributed by atoms with Gasteiger partial charge in [0, 0.05) is 23.7 Å². The highest BCUT2D eigenvalue weighted by molar-refractivity contribution is 7.89. The Morgan fingerprint density at radius 1 is 1.19 bits per heavy atom. The van der Waals surface area contributed by atoms with Gasteiger partial charge in [-0.25, -0.2) is 8.42 Å². The predicted molar refractivity (Wildman–Crippen MR) is 110 cm³/mol. The van der Waals surface area contributed by atoms with E-state index in [4.69, 9.17) is 0 Å². The maximum atomic E-state index is 12.8. The predicted octanol–water partition coefficient (Wildman–Crippen LogP) is 4.44. The van der Waals surface area contributed by atoms with Crippen molar-refractivity contribution in [2.75, 3.05) is 18.4 Å². The maximum Gasteiger partial charge on any atom is 0.265 e. The third-order valence-corrected chi connectivity index (χ3v) is 7.79. The lowest BCUT2D eigenvalue weighted by atomic mass is 10.1. The van der Waals surface area contributed by atoms with Gasteiger partial charge in [-0.05, 0) is 56.0 Å². The zero-order valence-electron chi connectivity index (χ0n) is 15.8. The number of anilines is 1. The van der Waals surface area contributed by atoms with Crippen molar-refractivity contribution in [3.8, 4) is 0 Å². The van der Waals surface area contributed by atoms with Crippen LogP contribution >= 0.6 is 11.3 Å². The highest BCUT2D eigenvalue weighted by Crippen LogP contribution is 2.26. The second kappa shape index (κ2) is 8.54. The zero-order chi connectivity index (χ0) is 19.4. The number of thiophene rings is 1. The Morgan fingerprint density at radius 2 is 1.93 bits per heavy atom. The largest absolute Gasteiger partial charge is 0.321 e. The highest BCUT2D eigenvalue weighted by atomic mass is 32.2. The monoisotopic (exact) mass is 406 g/mol. The molecule has 1 saturated heterocycles. The van der Waals surface area contributed by atoms with E-state index in [-0.39, 0.29) is 10.8 Å². The van der Waals surface area contributed by atoms with E-state index in [1.54, 1.807) is 24.3 Å². The second-order valence-electron chi connectivity index (χ2n) is 6.89. The third kappa shape index (κ3) is 4.59. The number of carbonyl (C=O) groups excluding carboxylic acids is 1. The van der Waals surface area contributed by atoms with Crippen molar-refractivity contribution in [1.29, 1.82) is 0 Å². The van der Waals surface area contributed by atoms with Crippen LogP contribution in [-0.4, -0.2) is 31.7 Å². The van der Waals surface area contributed by atoms with Crippen LogP contribution in [0.1, 0.15) is 52.7 Å². The lowest BCUT2D eigenvalue weighted by Gasteiger charge is -2.26. The number of sulfonamides is 1. The molecule has 0 saturated carbocycles. The summed E-state index contributed by atoms with van der Waals surface area (Å²) in [7, 11) is -3.51. The summed E-state index contributed by atoms with van der Waals surface area (Å²) in [5.74, 6) is -0.196. The van der Waals surface area contributed by atoms with E-state index in [0.717, 1.165) is 37.0 Å². The second-order valence-corrected chi connectivity index (χ2v) is 10.1. The van der Waals surface area contributed by atoms with Crippen LogP contribution in [0.4, 0.5) is 5.69 Å². The van der Waals surface area contributed by atoms with Crippen molar-refractivity contribution in [3.05, 3.63) is 45.6 Å². The van der Waals surface area contributed by atoms with Gasteiger partial charge < -0.3 is 5.32 Å². The van der Waals surface area contributed by atoms with E-state index >= 15 is 0 Å². The Labute approximate surface area is 165 Å². The average Bonchev–Trinajstić information content (AvgIpc) is 3.04. The van der Waals surface area contributed by atoms with Crippen molar-refractivity contribution in [3.63, 3.8) is 0 Å². The van der Waals surface area contributed by atoms with E-state index in [1.807, 2.05) is 13.0 Å². The molecular weight excluding hydrogens is 380 g/mol. The Hall–Kier alpha value is -1.70. The summed E-state index contributed by atoms with van der Waals surface area (Å²) >= 11 is 1.48. The molecule has 1 aromatic carbocycles. The fourth-order valence-corrected chi connectivity index (χ4v) is 5.86. The fourth-order valence-electron chi connectivity index (χ4n) is 3.33. The summed E-state index contributed by atoms with van der Waals surface area (Å²) in [6.07, 6.45) is 4.86. The van der Waals surface area contributed by atoms with Crippen LogP contribution < -0.4 is 5.32 Å². The molecule has 0 radical (unpaired) electrons. The molecule has 0 atom stereocenters. The molecule has 3 rings (SSSR count). The number of nitrogens with one attached hydrogen (secondary N) is 1. The molecule has 5 nitrogen and oxygen atoms in total. The van der Waals surface area contributed by atoms with Gasteiger partial charge >= 0.3 is 0 Å². The molecule has 27 heavy (non-hydrogen) atoms. The first-order chi connectivity index (χ1) is 12.9. The van der Waals surface area contributed by atoms with Crippen LogP contribution in [0.2, 0.25) is 0 Å². The molecule has 0 unspecified atom stereocenters. The number of hydrogen-bond donors (Lipinski definition) is 1. The Kier molecular flexibility index (Phi) is 6.34. The molecular formula is C20H26N2O3S2. The SMILES string of the molecule is CCCc1cc(C(=O)Nc2cccc(S(=O)(=O)N3CCCCC3)c2)sc1C. The van der Waals surface area contributed by atoms with Gasteiger partial charge in [-0.1, -0.05) is 25.8 Å². The van der Waals surface area contributed by atoms with Gasteiger partial charge in [-0.3, -0.25) is 4.79 Å². The Balaban J connectivity index is 1.77. The molecule has 1 amide bonds. The number of piperidine rings is 1. The Bertz CT molecular complexity index is 913. The summed E-state index contributed by atoms with van der Waals surface area (Å²) in [5.41, 5.74) is 1.70. The topological polar surface area (TPSA) is 66.5 Å². The van der Waals surface area contributed by atoms with E-state index in [9.17, 15) is 13.2 Å². The number of amides is 1. The maximum absolute atomic E-state index is 12.8. The van der Waals surface area contributed by atoms with Crippen molar-refractivity contribution >= 4 is 33.0 Å².